The number of hydrogen-bond donors (Lipinski definition) is 0. The van der Waals surface area contributed by atoms with Crippen LogP contribution in [-0.4, -0.2) is 31.7 Å². The number of benzene rings is 1. The fraction of sp³-hybridized carbons (Fsp3) is 0.500. The molecule has 0 aliphatic carbocycles. The molecule has 1 aromatic rings. The van der Waals surface area contributed by atoms with Crippen molar-refractivity contribution in [1.29, 1.82) is 0 Å². The van der Waals surface area contributed by atoms with E-state index in [1.807, 2.05) is 45.0 Å². The number of carbonyl (C=O) groups is 1. The van der Waals surface area contributed by atoms with Crippen molar-refractivity contribution >= 4 is 5.78 Å². The van der Waals surface area contributed by atoms with E-state index in [0.717, 1.165) is 5.56 Å². The third kappa shape index (κ3) is 5.11. The van der Waals surface area contributed by atoms with Gasteiger partial charge in [0.1, 0.15) is 6.61 Å². The summed E-state index contributed by atoms with van der Waals surface area (Å²) in [6.07, 6.45) is -0.0521. The van der Waals surface area contributed by atoms with Gasteiger partial charge in [0.05, 0.1) is 12.7 Å². The van der Waals surface area contributed by atoms with Gasteiger partial charge in [-0.2, -0.15) is 0 Å². The van der Waals surface area contributed by atoms with Crippen LogP contribution in [0.3, 0.4) is 0 Å². The van der Waals surface area contributed by atoms with Gasteiger partial charge in [-0.25, -0.2) is 0 Å². The first-order chi connectivity index (χ1) is 8.13. The van der Waals surface area contributed by atoms with Gasteiger partial charge >= 0.3 is 0 Å². The van der Waals surface area contributed by atoms with Crippen molar-refractivity contribution in [3.8, 4) is 0 Å². The molecule has 0 amide bonds. The van der Waals surface area contributed by atoms with Gasteiger partial charge in [0.2, 0.25) is 0 Å². The predicted octanol–water partition coefficient (Wildman–Crippen LogP) is 2.62. The average Bonchev–Trinajstić information content (AvgIpc) is 2.33. The molecule has 0 aliphatic rings. The molecule has 0 radical (unpaired) electrons. The molecule has 94 valence electrons. The predicted molar refractivity (Wildman–Crippen MR) is 67.4 cm³/mol. The van der Waals surface area contributed by atoms with E-state index >= 15 is 0 Å². The Morgan fingerprint density at radius 2 is 2.18 bits per heavy atom. The summed E-state index contributed by atoms with van der Waals surface area (Å²) in [5, 5.41) is 0. The van der Waals surface area contributed by atoms with Crippen molar-refractivity contribution in [2.75, 3.05) is 19.8 Å². The second-order valence-corrected chi connectivity index (χ2v) is 4.07. The smallest absolute Gasteiger partial charge is 0.188 e. The molecule has 17 heavy (non-hydrogen) atoms. The Hall–Kier alpha value is -1.19. The van der Waals surface area contributed by atoms with Gasteiger partial charge < -0.3 is 9.47 Å². The zero-order valence-electron chi connectivity index (χ0n) is 10.7. The lowest BCUT2D eigenvalue weighted by Crippen LogP contribution is -2.20. The highest BCUT2D eigenvalue weighted by Gasteiger charge is 2.09. The Morgan fingerprint density at radius 1 is 1.41 bits per heavy atom. The van der Waals surface area contributed by atoms with Crippen LogP contribution in [0.2, 0.25) is 0 Å². The minimum atomic E-state index is -0.0521. The van der Waals surface area contributed by atoms with Crippen LogP contribution < -0.4 is 0 Å². The largest absolute Gasteiger partial charge is 0.379 e. The van der Waals surface area contributed by atoms with Crippen LogP contribution in [0.15, 0.2) is 24.3 Å². The highest BCUT2D eigenvalue weighted by molar-refractivity contribution is 5.97. The molecular formula is C14H20O3. The Balaban J connectivity index is 2.39. The maximum atomic E-state index is 11.8. The van der Waals surface area contributed by atoms with Crippen LogP contribution in [-0.2, 0) is 9.47 Å². The lowest BCUT2D eigenvalue weighted by atomic mass is 10.1. The van der Waals surface area contributed by atoms with Crippen LogP contribution in [0, 0.1) is 6.92 Å². The minimum Gasteiger partial charge on any atom is -0.379 e. The fourth-order valence-electron chi connectivity index (χ4n) is 1.45. The molecule has 0 saturated heterocycles. The summed E-state index contributed by atoms with van der Waals surface area (Å²) < 4.78 is 10.6. The summed E-state index contributed by atoms with van der Waals surface area (Å²) in [5.74, 6) is 0.0112. The van der Waals surface area contributed by atoms with Crippen LogP contribution in [0.1, 0.15) is 29.8 Å². The normalized spacial score (nSPS) is 12.4. The van der Waals surface area contributed by atoms with Crippen LogP contribution >= 0.6 is 0 Å². The molecule has 1 aromatic carbocycles. The number of hydrogen-bond acceptors (Lipinski definition) is 3. The molecule has 0 bridgehead atoms. The van der Waals surface area contributed by atoms with Crippen LogP contribution in [0.5, 0.6) is 0 Å². The summed E-state index contributed by atoms with van der Waals surface area (Å²) in [6, 6.07) is 7.53. The maximum absolute atomic E-state index is 11.8. The first kappa shape index (κ1) is 13.9. The van der Waals surface area contributed by atoms with Gasteiger partial charge in [-0.1, -0.05) is 23.8 Å². The molecule has 0 heterocycles. The molecule has 1 unspecified atom stereocenters. The Labute approximate surface area is 103 Å². The van der Waals surface area contributed by atoms with Crippen molar-refractivity contribution in [3.05, 3.63) is 35.4 Å². The van der Waals surface area contributed by atoms with E-state index in [2.05, 4.69) is 0 Å². The molecule has 3 nitrogen and oxygen atoms in total. The summed E-state index contributed by atoms with van der Waals surface area (Å²) in [4.78, 5) is 11.8. The Bertz CT molecular complexity index is 360. The molecule has 1 atom stereocenters. The van der Waals surface area contributed by atoms with E-state index in [4.69, 9.17) is 9.47 Å². The maximum Gasteiger partial charge on any atom is 0.188 e. The average molecular weight is 236 g/mol. The highest BCUT2D eigenvalue weighted by atomic mass is 16.5. The number of carbonyl (C=O) groups excluding carboxylic acids is 1. The van der Waals surface area contributed by atoms with Crippen molar-refractivity contribution in [2.24, 2.45) is 0 Å². The lowest BCUT2D eigenvalue weighted by molar-refractivity contribution is 0.00115. The van der Waals surface area contributed by atoms with Crippen molar-refractivity contribution < 1.29 is 14.3 Å². The zero-order chi connectivity index (χ0) is 12.7. The lowest BCUT2D eigenvalue weighted by Gasteiger charge is -2.12. The third-order valence-corrected chi connectivity index (χ3v) is 2.40. The molecule has 3 heteroatoms. The third-order valence-electron chi connectivity index (χ3n) is 2.40. The highest BCUT2D eigenvalue weighted by Crippen LogP contribution is 2.05. The summed E-state index contributed by atoms with van der Waals surface area (Å²) >= 11 is 0. The summed E-state index contributed by atoms with van der Waals surface area (Å²) in [7, 11) is 0. The molecule has 1 rings (SSSR count). The van der Waals surface area contributed by atoms with E-state index in [9.17, 15) is 4.79 Å². The van der Waals surface area contributed by atoms with Gasteiger partial charge in [-0.3, -0.25) is 4.79 Å². The van der Waals surface area contributed by atoms with Crippen LogP contribution in [0.25, 0.3) is 0 Å². The number of Topliss-reactive ketones (excluding diaryl/α,β-unsaturated/α-hetero) is 1. The standard InChI is InChI=1S/C14H20O3/c1-4-16-9-12(3)17-10-14(15)13-7-5-6-11(2)8-13/h5-8,12H,4,9-10H2,1-3H3. The van der Waals surface area contributed by atoms with E-state index in [1.54, 1.807) is 0 Å². The molecule has 0 N–H and O–H groups in total. The number of rotatable bonds is 7. The Morgan fingerprint density at radius 3 is 2.82 bits per heavy atom. The van der Waals surface area contributed by atoms with Crippen molar-refractivity contribution in [3.63, 3.8) is 0 Å². The summed E-state index contributed by atoms with van der Waals surface area (Å²) in [5.41, 5.74) is 1.78. The molecule has 0 aliphatic heterocycles. The minimum absolute atomic E-state index is 0.0112. The molecule has 0 spiro atoms. The first-order valence-electron chi connectivity index (χ1n) is 5.92. The van der Waals surface area contributed by atoms with Crippen molar-refractivity contribution in [1.82, 2.24) is 0 Å². The van der Waals surface area contributed by atoms with Gasteiger partial charge in [0.25, 0.3) is 0 Å². The second-order valence-electron chi connectivity index (χ2n) is 4.07. The van der Waals surface area contributed by atoms with E-state index in [-0.39, 0.29) is 18.5 Å². The van der Waals surface area contributed by atoms with Gasteiger partial charge in [-0.05, 0) is 26.8 Å². The molecule has 0 saturated carbocycles. The molecular weight excluding hydrogens is 216 g/mol. The quantitative estimate of drug-likeness (QED) is 0.683. The monoisotopic (exact) mass is 236 g/mol. The molecule has 0 aromatic heterocycles. The topological polar surface area (TPSA) is 35.5 Å². The van der Waals surface area contributed by atoms with Gasteiger partial charge in [0.15, 0.2) is 5.78 Å². The van der Waals surface area contributed by atoms with E-state index in [1.165, 1.54) is 0 Å². The van der Waals surface area contributed by atoms with Crippen molar-refractivity contribution in [2.45, 2.75) is 26.9 Å². The zero-order valence-corrected chi connectivity index (χ0v) is 10.7. The van der Waals surface area contributed by atoms with E-state index in [0.29, 0.717) is 18.8 Å². The fourth-order valence-corrected chi connectivity index (χ4v) is 1.45. The second kappa shape index (κ2) is 7.20. The first-order valence-corrected chi connectivity index (χ1v) is 5.92. The van der Waals surface area contributed by atoms with E-state index < -0.39 is 0 Å². The summed E-state index contributed by atoms with van der Waals surface area (Å²) in [6.45, 7) is 7.11. The molecule has 0 fully saturated rings. The number of aryl methyl sites for hydroxylation is 1. The SMILES string of the molecule is CCOCC(C)OCC(=O)c1cccc(C)c1. The number of ketones is 1. The van der Waals surface area contributed by atoms with Gasteiger partial charge in [-0.15, -0.1) is 0 Å². The van der Waals surface area contributed by atoms with Gasteiger partial charge in [0, 0.05) is 12.2 Å². The number of ether oxygens (including phenoxy) is 2. The Kier molecular flexibility index (Phi) is 5.87. The van der Waals surface area contributed by atoms with Crippen LogP contribution in [0.4, 0.5) is 0 Å².